The molecule has 0 saturated carbocycles. The fourth-order valence-corrected chi connectivity index (χ4v) is 3.38. The van der Waals surface area contributed by atoms with Gasteiger partial charge in [0.1, 0.15) is 5.75 Å². The van der Waals surface area contributed by atoms with Gasteiger partial charge in [0.15, 0.2) is 0 Å². The monoisotopic (exact) mass is 398 g/mol. The van der Waals surface area contributed by atoms with Crippen molar-refractivity contribution in [2.45, 2.75) is 19.4 Å². The maximum absolute atomic E-state index is 6.29. The number of aryl methyl sites for hydroxylation is 1. The van der Waals surface area contributed by atoms with E-state index in [1.807, 2.05) is 18.2 Å². The zero-order chi connectivity index (χ0) is 14.7. The summed E-state index contributed by atoms with van der Waals surface area (Å²) in [5, 5.41) is 0. The fourth-order valence-electron chi connectivity index (χ4n) is 2.10. The van der Waals surface area contributed by atoms with Gasteiger partial charge in [-0.15, -0.1) is 0 Å². The molecule has 1 aromatic carbocycles. The van der Waals surface area contributed by atoms with Crippen LogP contribution in [0.25, 0.3) is 0 Å². The molecular formula is C15H16Br2N2O. The van der Waals surface area contributed by atoms with E-state index < -0.39 is 0 Å². The molecule has 106 valence electrons. The molecule has 1 heterocycles. The number of benzene rings is 1. The number of hydrogen-bond acceptors (Lipinski definition) is 3. The van der Waals surface area contributed by atoms with Crippen molar-refractivity contribution >= 4 is 31.9 Å². The fraction of sp³-hybridized carbons (Fsp3) is 0.267. The summed E-state index contributed by atoms with van der Waals surface area (Å²) in [5.41, 5.74) is 9.42. The lowest BCUT2D eigenvalue weighted by molar-refractivity contribution is 0.408. The molecule has 2 rings (SSSR count). The predicted octanol–water partition coefficient (Wildman–Crippen LogP) is 4.17. The number of methoxy groups -OCH3 is 1. The van der Waals surface area contributed by atoms with Gasteiger partial charge in [-0.3, -0.25) is 4.98 Å². The highest BCUT2D eigenvalue weighted by Crippen LogP contribution is 2.28. The van der Waals surface area contributed by atoms with Gasteiger partial charge in [0.25, 0.3) is 0 Å². The van der Waals surface area contributed by atoms with Gasteiger partial charge in [-0.2, -0.15) is 0 Å². The van der Waals surface area contributed by atoms with Crippen LogP contribution in [0.3, 0.4) is 0 Å². The maximum atomic E-state index is 6.29. The number of nitrogens with zero attached hydrogens (tertiary/aromatic N) is 1. The molecule has 1 unspecified atom stereocenters. The summed E-state index contributed by atoms with van der Waals surface area (Å²) in [4.78, 5) is 4.39. The SMILES string of the molecule is COc1ccc(C)cc1CC(N)c1ncc(Br)cc1Br. The molecule has 0 fully saturated rings. The van der Waals surface area contributed by atoms with Crippen molar-refractivity contribution in [3.05, 3.63) is 56.2 Å². The Labute approximate surface area is 135 Å². The summed E-state index contributed by atoms with van der Waals surface area (Å²) in [5.74, 6) is 0.860. The molecule has 0 radical (unpaired) electrons. The molecule has 1 atom stereocenters. The summed E-state index contributed by atoms with van der Waals surface area (Å²) < 4.78 is 7.22. The van der Waals surface area contributed by atoms with Crippen molar-refractivity contribution in [1.29, 1.82) is 0 Å². The van der Waals surface area contributed by atoms with E-state index in [-0.39, 0.29) is 6.04 Å². The number of rotatable bonds is 4. The van der Waals surface area contributed by atoms with Gasteiger partial charge in [-0.05, 0) is 62.9 Å². The zero-order valence-corrected chi connectivity index (χ0v) is 14.5. The predicted molar refractivity (Wildman–Crippen MR) is 88.0 cm³/mol. The summed E-state index contributed by atoms with van der Waals surface area (Å²) in [6, 6.07) is 7.87. The van der Waals surface area contributed by atoms with E-state index in [2.05, 4.69) is 49.8 Å². The number of halogens is 2. The molecule has 0 spiro atoms. The van der Waals surface area contributed by atoms with E-state index in [9.17, 15) is 0 Å². The Morgan fingerprint density at radius 1 is 1.30 bits per heavy atom. The van der Waals surface area contributed by atoms with Crippen LogP contribution in [-0.2, 0) is 6.42 Å². The topological polar surface area (TPSA) is 48.1 Å². The van der Waals surface area contributed by atoms with Crippen molar-refractivity contribution in [2.75, 3.05) is 7.11 Å². The number of hydrogen-bond donors (Lipinski definition) is 1. The van der Waals surface area contributed by atoms with Crippen molar-refractivity contribution in [2.24, 2.45) is 5.73 Å². The minimum atomic E-state index is -0.187. The number of nitrogens with two attached hydrogens (primary N) is 1. The smallest absolute Gasteiger partial charge is 0.122 e. The second-order valence-corrected chi connectivity index (χ2v) is 6.42. The standard InChI is InChI=1S/C15H16Br2N2O/c1-9-3-4-14(20-2)10(5-9)6-13(18)15-12(17)7-11(16)8-19-15/h3-5,7-8,13H,6,18H2,1-2H3. The molecule has 0 aliphatic carbocycles. The minimum absolute atomic E-state index is 0.187. The van der Waals surface area contributed by atoms with Gasteiger partial charge in [0.2, 0.25) is 0 Å². The summed E-state index contributed by atoms with van der Waals surface area (Å²) >= 11 is 6.90. The number of ether oxygens (including phenoxy) is 1. The molecule has 5 heteroatoms. The van der Waals surface area contributed by atoms with Gasteiger partial charge in [-0.1, -0.05) is 17.7 Å². The molecule has 2 aromatic rings. The summed E-state index contributed by atoms with van der Waals surface area (Å²) in [7, 11) is 1.67. The first-order chi connectivity index (χ1) is 9.51. The highest BCUT2D eigenvalue weighted by Gasteiger charge is 2.15. The van der Waals surface area contributed by atoms with E-state index in [0.29, 0.717) is 6.42 Å². The van der Waals surface area contributed by atoms with E-state index in [0.717, 1.165) is 26.0 Å². The van der Waals surface area contributed by atoms with Crippen LogP contribution in [-0.4, -0.2) is 12.1 Å². The first-order valence-corrected chi connectivity index (χ1v) is 7.80. The van der Waals surface area contributed by atoms with Gasteiger partial charge < -0.3 is 10.5 Å². The third kappa shape index (κ3) is 3.59. The molecule has 0 amide bonds. The van der Waals surface area contributed by atoms with Crippen LogP contribution in [0.5, 0.6) is 5.75 Å². The average Bonchev–Trinajstić information content (AvgIpc) is 2.38. The van der Waals surface area contributed by atoms with E-state index in [4.69, 9.17) is 10.5 Å². The van der Waals surface area contributed by atoms with Crippen molar-refractivity contribution in [1.82, 2.24) is 4.98 Å². The Hall–Kier alpha value is -0.910. The molecule has 0 saturated heterocycles. The average molecular weight is 400 g/mol. The zero-order valence-electron chi connectivity index (χ0n) is 11.4. The van der Waals surface area contributed by atoms with E-state index in [1.54, 1.807) is 13.3 Å². The van der Waals surface area contributed by atoms with Crippen LogP contribution in [0, 0.1) is 6.92 Å². The molecule has 20 heavy (non-hydrogen) atoms. The lowest BCUT2D eigenvalue weighted by Gasteiger charge is -2.16. The number of aromatic nitrogens is 1. The molecule has 2 N–H and O–H groups in total. The Balaban J connectivity index is 2.27. The van der Waals surface area contributed by atoms with Gasteiger partial charge in [0, 0.05) is 15.1 Å². The molecular weight excluding hydrogens is 384 g/mol. The first-order valence-electron chi connectivity index (χ1n) is 6.21. The lowest BCUT2D eigenvalue weighted by Crippen LogP contribution is -2.16. The molecule has 0 aliphatic rings. The highest BCUT2D eigenvalue weighted by molar-refractivity contribution is 9.11. The Kier molecular flexibility index (Phi) is 5.18. The van der Waals surface area contributed by atoms with E-state index in [1.165, 1.54) is 5.56 Å². The van der Waals surface area contributed by atoms with Crippen LogP contribution in [0.4, 0.5) is 0 Å². The van der Waals surface area contributed by atoms with Crippen LogP contribution >= 0.6 is 31.9 Å². The lowest BCUT2D eigenvalue weighted by atomic mass is 10.0. The summed E-state index contributed by atoms with van der Waals surface area (Å²) in [6.45, 7) is 2.06. The Morgan fingerprint density at radius 2 is 2.05 bits per heavy atom. The molecule has 0 aliphatic heterocycles. The van der Waals surface area contributed by atoms with Gasteiger partial charge >= 0.3 is 0 Å². The molecule has 0 bridgehead atoms. The van der Waals surface area contributed by atoms with Crippen LogP contribution < -0.4 is 10.5 Å². The normalized spacial score (nSPS) is 12.2. The third-order valence-corrected chi connectivity index (χ3v) is 4.13. The Morgan fingerprint density at radius 3 is 2.70 bits per heavy atom. The second kappa shape index (κ2) is 6.70. The van der Waals surface area contributed by atoms with Crippen LogP contribution in [0.2, 0.25) is 0 Å². The second-order valence-electron chi connectivity index (χ2n) is 4.65. The Bertz CT molecular complexity index is 617. The third-order valence-electron chi connectivity index (χ3n) is 3.06. The van der Waals surface area contributed by atoms with Crippen LogP contribution in [0.1, 0.15) is 22.9 Å². The molecule has 1 aromatic heterocycles. The van der Waals surface area contributed by atoms with Crippen molar-refractivity contribution in [3.8, 4) is 5.75 Å². The largest absolute Gasteiger partial charge is 0.496 e. The van der Waals surface area contributed by atoms with Gasteiger partial charge in [-0.25, -0.2) is 0 Å². The minimum Gasteiger partial charge on any atom is -0.496 e. The quantitative estimate of drug-likeness (QED) is 0.839. The van der Waals surface area contributed by atoms with Crippen LogP contribution in [0.15, 0.2) is 39.4 Å². The first kappa shape index (κ1) is 15.5. The van der Waals surface area contributed by atoms with Crippen molar-refractivity contribution < 1.29 is 4.74 Å². The highest BCUT2D eigenvalue weighted by atomic mass is 79.9. The number of pyridine rings is 1. The van der Waals surface area contributed by atoms with Crippen molar-refractivity contribution in [3.63, 3.8) is 0 Å². The van der Waals surface area contributed by atoms with E-state index >= 15 is 0 Å². The molecule has 3 nitrogen and oxygen atoms in total. The van der Waals surface area contributed by atoms with Gasteiger partial charge in [0.05, 0.1) is 18.8 Å². The maximum Gasteiger partial charge on any atom is 0.122 e. The summed E-state index contributed by atoms with van der Waals surface area (Å²) in [6.07, 6.45) is 2.44.